The molecule has 0 radical (unpaired) electrons. The van der Waals surface area contributed by atoms with Crippen LogP contribution in [0.2, 0.25) is 5.02 Å². The number of rotatable bonds is 3. The molecule has 0 fully saturated rings. The van der Waals surface area contributed by atoms with Crippen LogP contribution in [0.1, 0.15) is 43.1 Å². The van der Waals surface area contributed by atoms with Crippen LogP contribution in [-0.4, -0.2) is 46.2 Å². The largest absolute Gasteiger partial charge is 0.490 e. The smallest absolute Gasteiger partial charge is 0.272 e. The van der Waals surface area contributed by atoms with Gasteiger partial charge in [-0.25, -0.2) is 0 Å². The van der Waals surface area contributed by atoms with Crippen LogP contribution in [-0.2, 0) is 11.3 Å². The Morgan fingerprint density at radius 2 is 1.91 bits per heavy atom. The maximum absolute atomic E-state index is 13.4. The molecular formula is C26H29ClN4O4. The number of benzene rings is 2. The second kappa shape index (κ2) is 11.8. The fourth-order valence-corrected chi connectivity index (χ4v) is 4.08. The summed E-state index contributed by atoms with van der Waals surface area (Å²) in [6.07, 6.45) is 4.86. The van der Waals surface area contributed by atoms with E-state index in [1.54, 1.807) is 40.0 Å². The molecule has 2 heterocycles. The van der Waals surface area contributed by atoms with E-state index in [0.29, 0.717) is 53.3 Å². The van der Waals surface area contributed by atoms with Gasteiger partial charge in [0, 0.05) is 24.3 Å². The van der Waals surface area contributed by atoms with Crippen molar-refractivity contribution in [2.75, 3.05) is 25.0 Å². The average Bonchev–Trinajstić information content (AvgIpc) is 3.30. The van der Waals surface area contributed by atoms with E-state index in [0.717, 1.165) is 25.7 Å². The summed E-state index contributed by atoms with van der Waals surface area (Å²) in [4.78, 5) is 28.0. The van der Waals surface area contributed by atoms with E-state index in [2.05, 4.69) is 10.4 Å². The van der Waals surface area contributed by atoms with Crippen LogP contribution < -0.4 is 14.8 Å². The molecule has 35 heavy (non-hydrogen) atoms. The molecule has 1 aromatic heterocycles. The number of fused-ring (bicyclic) bond motifs is 2. The second-order valence-corrected chi connectivity index (χ2v) is 8.75. The molecule has 0 saturated carbocycles. The molecular weight excluding hydrogens is 468 g/mol. The SMILES string of the molecule is CCCn1nccc1C(=O)N1CCCCCOc2ccccc2Oc2ccc(Cl)cc2NC(=O)C1. The Bertz CT molecular complexity index is 1180. The van der Waals surface area contributed by atoms with Crippen molar-refractivity contribution in [1.82, 2.24) is 14.7 Å². The fraction of sp³-hybridized carbons (Fsp3) is 0.346. The maximum atomic E-state index is 13.4. The molecule has 0 aliphatic carbocycles. The molecule has 1 aliphatic heterocycles. The quantitative estimate of drug-likeness (QED) is 0.526. The van der Waals surface area contributed by atoms with Crippen LogP contribution in [0.3, 0.4) is 0 Å². The van der Waals surface area contributed by atoms with Crippen LogP contribution in [0, 0.1) is 0 Å². The third-order valence-corrected chi connectivity index (χ3v) is 5.84. The van der Waals surface area contributed by atoms with Crippen molar-refractivity contribution in [3.05, 3.63) is 65.4 Å². The number of nitrogens with one attached hydrogen (secondary N) is 1. The van der Waals surface area contributed by atoms with Gasteiger partial charge in [0.05, 0.1) is 12.3 Å². The van der Waals surface area contributed by atoms with Crippen molar-refractivity contribution in [3.63, 3.8) is 0 Å². The first kappa shape index (κ1) is 24.6. The number of carbonyl (C=O) groups excluding carboxylic acids is 2. The van der Waals surface area contributed by atoms with Crippen LogP contribution >= 0.6 is 11.6 Å². The lowest BCUT2D eigenvalue weighted by molar-refractivity contribution is -0.116. The highest BCUT2D eigenvalue weighted by Crippen LogP contribution is 2.36. The zero-order valence-electron chi connectivity index (χ0n) is 19.7. The molecule has 184 valence electrons. The highest BCUT2D eigenvalue weighted by Gasteiger charge is 2.23. The number of ether oxygens (including phenoxy) is 2. The fourth-order valence-electron chi connectivity index (χ4n) is 3.91. The van der Waals surface area contributed by atoms with E-state index in [9.17, 15) is 9.59 Å². The van der Waals surface area contributed by atoms with Crippen molar-refractivity contribution in [2.24, 2.45) is 0 Å². The lowest BCUT2D eigenvalue weighted by atomic mass is 10.2. The van der Waals surface area contributed by atoms with E-state index in [-0.39, 0.29) is 18.4 Å². The molecule has 0 saturated heterocycles. The number of nitrogens with zero attached hydrogens (tertiary/aromatic N) is 3. The first-order chi connectivity index (χ1) is 17.0. The Labute approximate surface area is 209 Å². The first-order valence-corrected chi connectivity index (χ1v) is 12.2. The highest BCUT2D eigenvalue weighted by atomic mass is 35.5. The summed E-state index contributed by atoms with van der Waals surface area (Å²) in [6, 6.07) is 14.1. The Hall–Kier alpha value is -3.52. The summed E-state index contributed by atoms with van der Waals surface area (Å²) in [7, 11) is 0. The Morgan fingerprint density at radius 1 is 1.09 bits per heavy atom. The van der Waals surface area contributed by atoms with Crippen LogP contribution in [0.5, 0.6) is 17.2 Å². The predicted octanol–water partition coefficient (Wildman–Crippen LogP) is 5.38. The van der Waals surface area contributed by atoms with Gasteiger partial charge in [-0.05, 0) is 62.1 Å². The third kappa shape index (κ3) is 6.33. The van der Waals surface area contributed by atoms with Gasteiger partial charge in [-0.3, -0.25) is 14.3 Å². The Morgan fingerprint density at radius 3 is 2.74 bits per heavy atom. The van der Waals surface area contributed by atoms with Gasteiger partial charge in [-0.2, -0.15) is 5.10 Å². The number of aromatic nitrogens is 2. The van der Waals surface area contributed by atoms with Crippen LogP contribution in [0.15, 0.2) is 54.7 Å². The second-order valence-electron chi connectivity index (χ2n) is 8.31. The summed E-state index contributed by atoms with van der Waals surface area (Å²) in [5.74, 6) is 1.03. The van der Waals surface area contributed by atoms with E-state index < -0.39 is 0 Å². The van der Waals surface area contributed by atoms with Crippen molar-refractivity contribution in [1.29, 1.82) is 0 Å². The molecule has 0 atom stereocenters. The number of amides is 2. The minimum absolute atomic E-state index is 0.102. The van der Waals surface area contributed by atoms with E-state index in [1.807, 2.05) is 31.2 Å². The van der Waals surface area contributed by atoms with Gasteiger partial charge in [0.2, 0.25) is 5.91 Å². The van der Waals surface area contributed by atoms with Crippen molar-refractivity contribution in [3.8, 4) is 17.2 Å². The number of halogens is 1. The number of aryl methyl sites for hydroxylation is 1. The van der Waals surface area contributed by atoms with Gasteiger partial charge >= 0.3 is 0 Å². The summed E-state index contributed by atoms with van der Waals surface area (Å²) in [5, 5.41) is 7.57. The lowest BCUT2D eigenvalue weighted by Gasteiger charge is -2.23. The lowest BCUT2D eigenvalue weighted by Crippen LogP contribution is -2.39. The highest BCUT2D eigenvalue weighted by molar-refractivity contribution is 6.31. The molecule has 1 aliphatic rings. The van der Waals surface area contributed by atoms with Gasteiger partial charge in [-0.1, -0.05) is 30.7 Å². The Balaban J connectivity index is 1.61. The summed E-state index contributed by atoms with van der Waals surface area (Å²) in [5.41, 5.74) is 0.888. The number of hydrogen-bond donors (Lipinski definition) is 1. The van der Waals surface area contributed by atoms with Crippen LogP contribution in [0.25, 0.3) is 0 Å². The van der Waals surface area contributed by atoms with Gasteiger partial charge in [-0.15, -0.1) is 0 Å². The molecule has 9 heteroatoms. The molecule has 3 aromatic rings. The average molecular weight is 497 g/mol. The van der Waals surface area contributed by atoms with Crippen molar-refractivity contribution < 1.29 is 19.1 Å². The zero-order valence-corrected chi connectivity index (χ0v) is 20.5. The normalized spacial score (nSPS) is 14.9. The number of carbonyl (C=O) groups is 2. The third-order valence-electron chi connectivity index (χ3n) is 5.61. The molecule has 2 amide bonds. The summed E-state index contributed by atoms with van der Waals surface area (Å²) < 4.78 is 13.8. The summed E-state index contributed by atoms with van der Waals surface area (Å²) >= 11 is 6.21. The molecule has 1 N–H and O–H groups in total. The van der Waals surface area contributed by atoms with E-state index in [4.69, 9.17) is 21.1 Å². The van der Waals surface area contributed by atoms with Gasteiger partial charge in [0.1, 0.15) is 12.2 Å². The molecule has 8 nitrogen and oxygen atoms in total. The zero-order chi connectivity index (χ0) is 24.6. The predicted molar refractivity (Wildman–Crippen MR) is 134 cm³/mol. The Kier molecular flexibility index (Phi) is 8.26. The van der Waals surface area contributed by atoms with Gasteiger partial charge in [0.15, 0.2) is 17.2 Å². The molecule has 0 bridgehead atoms. The minimum atomic E-state index is -0.341. The van der Waals surface area contributed by atoms with Crippen LogP contribution in [0.4, 0.5) is 5.69 Å². The monoisotopic (exact) mass is 496 g/mol. The molecule has 0 spiro atoms. The van der Waals surface area contributed by atoms with Gasteiger partial charge in [0.25, 0.3) is 5.91 Å². The molecule has 4 rings (SSSR count). The summed E-state index contributed by atoms with van der Waals surface area (Å²) in [6.45, 7) is 3.52. The maximum Gasteiger partial charge on any atom is 0.272 e. The van der Waals surface area contributed by atoms with Crippen molar-refractivity contribution in [2.45, 2.75) is 39.2 Å². The topological polar surface area (TPSA) is 85.7 Å². The van der Waals surface area contributed by atoms with Gasteiger partial charge < -0.3 is 19.7 Å². The minimum Gasteiger partial charge on any atom is -0.490 e. The molecule has 2 aromatic carbocycles. The van der Waals surface area contributed by atoms with Crippen molar-refractivity contribution >= 4 is 29.1 Å². The first-order valence-electron chi connectivity index (χ1n) is 11.9. The number of para-hydroxylation sites is 2. The van der Waals surface area contributed by atoms with E-state index >= 15 is 0 Å². The molecule has 0 unspecified atom stereocenters. The number of hydrogen-bond acceptors (Lipinski definition) is 5. The standard InChI is InChI=1S/C26H29ClN4O4/c1-2-14-31-21(12-13-28-31)26(33)30-15-6-3-7-16-34-23-8-4-5-9-24(23)35-22-11-10-19(27)17-20(22)29-25(32)18-30/h4-5,8-13,17H,2-3,6-7,14-16,18H2,1H3,(H,29,32). The van der Waals surface area contributed by atoms with E-state index in [1.165, 1.54) is 0 Å². The number of anilines is 1.